The lowest BCUT2D eigenvalue weighted by Crippen LogP contribution is -2.68. The Morgan fingerprint density at radius 2 is 1.03 bits per heavy atom. The maximum atomic E-state index is 8.49. The average molecular weight is 522 g/mol. The van der Waals surface area contributed by atoms with Gasteiger partial charge in [0.05, 0.1) is 0 Å². The average Bonchev–Trinajstić information content (AvgIpc) is 3.36. The third-order valence-corrected chi connectivity index (χ3v) is 7.46. The maximum Gasteiger partial charge on any atom is 0.211 e. The second kappa shape index (κ2) is 11.7. The normalized spacial score (nSPS) is 15.0. The number of nitrogens with zero attached hydrogens (tertiary/aromatic N) is 1. The molecule has 1 heterocycles. The second-order valence-electron chi connectivity index (χ2n) is 7.34. The van der Waals surface area contributed by atoms with Gasteiger partial charge in [0.1, 0.15) is 0 Å². The van der Waals surface area contributed by atoms with Gasteiger partial charge in [0.25, 0.3) is 0 Å². The molecule has 0 fully saturated rings. The minimum atomic E-state index is -4.94. The summed E-state index contributed by atoms with van der Waals surface area (Å²) in [6.07, 6.45) is 11.2. The van der Waals surface area contributed by atoms with Crippen molar-refractivity contribution in [2.75, 3.05) is 0 Å². The van der Waals surface area contributed by atoms with Gasteiger partial charge in [-0.15, -0.1) is 10.2 Å². The number of para-hydroxylation sites is 2. The van der Waals surface area contributed by atoms with Gasteiger partial charge in [-0.25, -0.2) is 18.6 Å². The molecule has 0 amide bonds. The summed E-state index contributed by atoms with van der Waals surface area (Å²) in [5, 5.41) is 0. The summed E-state index contributed by atoms with van der Waals surface area (Å²) < 4.78 is 36.3. The zero-order chi connectivity index (χ0) is 24.7. The fraction of sp³-hybridized carbons (Fsp3) is 0. The number of allylic oxidation sites excluding steroid dienone is 6. The van der Waals surface area contributed by atoms with Crippen LogP contribution in [0.1, 0.15) is 5.56 Å². The van der Waals surface area contributed by atoms with Crippen LogP contribution in [-0.2, 0) is 0 Å². The van der Waals surface area contributed by atoms with Crippen LogP contribution in [0.4, 0.5) is 11.4 Å². The molecule has 0 radical (unpaired) electrons. The SMILES string of the molecule is C1=CC(=[N+](c2ccccc2)c2ccccc2)C=CC1=C1C=C(c2ccccc2)SS1.[O-][Cl+3]([O-])([O-])[O-]. The van der Waals surface area contributed by atoms with E-state index in [9.17, 15) is 0 Å². The van der Waals surface area contributed by atoms with Crippen molar-refractivity contribution in [3.05, 3.63) is 137 Å². The van der Waals surface area contributed by atoms with Crippen LogP contribution in [0.15, 0.2) is 132 Å². The lowest BCUT2D eigenvalue weighted by atomic mass is 10.1. The number of rotatable bonds is 3. The topological polar surface area (TPSA) is 95.2 Å². The zero-order valence-electron chi connectivity index (χ0n) is 18.3. The molecule has 5 nitrogen and oxygen atoms in total. The van der Waals surface area contributed by atoms with Gasteiger partial charge in [0.2, 0.25) is 17.1 Å². The van der Waals surface area contributed by atoms with Gasteiger partial charge in [-0.3, -0.25) is 0 Å². The first-order valence-electron chi connectivity index (χ1n) is 10.5. The molecule has 1 aliphatic heterocycles. The zero-order valence-corrected chi connectivity index (χ0v) is 20.7. The molecule has 8 heteroatoms. The van der Waals surface area contributed by atoms with E-state index in [-0.39, 0.29) is 0 Å². The van der Waals surface area contributed by atoms with Crippen LogP contribution in [0.2, 0.25) is 0 Å². The molecule has 0 spiro atoms. The number of hydrogen-bond acceptors (Lipinski definition) is 6. The van der Waals surface area contributed by atoms with E-state index in [1.54, 1.807) is 0 Å². The Morgan fingerprint density at radius 1 is 0.571 bits per heavy atom. The van der Waals surface area contributed by atoms with Crippen molar-refractivity contribution >= 4 is 43.6 Å². The predicted molar refractivity (Wildman–Crippen MR) is 134 cm³/mol. The Morgan fingerprint density at radius 3 is 1.51 bits per heavy atom. The van der Waals surface area contributed by atoms with Crippen molar-refractivity contribution < 1.29 is 28.9 Å². The van der Waals surface area contributed by atoms with E-state index < -0.39 is 10.2 Å². The molecule has 0 bridgehead atoms. The van der Waals surface area contributed by atoms with Crippen molar-refractivity contribution in [1.82, 2.24) is 4.58 Å². The minimum absolute atomic E-state index is 1.15. The predicted octanol–water partition coefficient (Wildman–Crippen LogP) is 3.02. The van der Waals surface area contributed by atoms with Gasteiger partial charge in [-0.2, -0.15) is 4.58 Å². The molecule has 1 aliphatic carbocycles. The Balaban J connectivity index is 0.000000527. The first kappa shape index (κ1) is 25.2. The van der Waals surface area contributed by atoms with Crippen LogP contribution in [0.5, 0.6) is 0 Å². The third kappa shape index (κ3) is 7.30. The number of halogens is 1. The highest BCUT2D eigenvalue weighted by molar-refractivity contribution is 8.82. The molecule has 0 atom stereocenters. The van der Waals surface area contributed by atoms with E-state index in [4.69, 9.17) is 18.6 Å². The molecule has 3 aromatic rings. The number of hydrogen-bond donors (Lipinski definition) is 0. The van der Waals surface area contributed by atoms with E-state index in [0.29, 0.717) is 0 Å². The van der Waals surface area contributed by atoms with Crippen LogP contribution in [0, 0.1) is 10.2 Å². The van der Waals surface area contributed by atoms with Gasteiger partial charge in [0, 0.05) is 46.2 Å². The molecule has 0 aromatic heterocycles. The van der Waals surface area contributed by atoms with Gasteiger partial charge in [-0.1, -0.05) is 88.3 Å². The van der Waals surface area contributed by atoms with Crippen molar-refractivity contribution in [2.45, 2.75) is 0 Å². The summed E-state index contributed by atoms with van der Waals surface area (Å²) >= 11 is 0. The van der Waals surface area contributed by atoms with Crippen LogP contribution >= 0.6 is 21.6 Å². The largest absolute Gasteiger partial charge is 0.222 e. The lowest BCUT2D eigenvalue weighted by molar-refractivity contribution is -2.00. The molecule has 35 heavy (non-hydrogen) atoms. The van der Waals surface area contributed by atoms with Crippen LogP contribution in [0.3, 0.4) is 0 Å². The maximum absolute atomic E-state index is 8.49. The summed E-state index contributed by atoms with van der Waals surface area (Å²) in [6, 6.07) is 31.6. The van der Waals surface area contributed by atoms with E-state index in [2.05, 4.69) is 126 Å². The first-order valence-corrected chi connectivity index (χ1v) is 13.9. The Kier molecular flexibility index (Phi) is 8.43. The summed E-state index contributed by atoms with van der Waals surface area (Å²) in [6.45, 7) is 0. The van der Waals surface area contributed by atoms with Crippen LogP contribution < -0.4 is 23.2 Å². The van der Waals surface area contributed by atoms with Gasteiger partial charge < -0.3 is 0 Å². The lowest BCUT2D eigenvalue weighted by Gasteiger charge is -2.17. The standard InChI is InChI=1S/C27H20NS2.ClHO4/c1-4-10-21(11-5-1)26-20-27(30-29-26)22-16-18-25(19-17-22)28(23-12-6-2-7-13-23)24-14-8-3-9-15-24;2-1(3,4)5/h1-20H;(H,2,3,4,5)/q+1;/p-1. The van der Waals surface area contributed by atoms with Crippen molar-refractivity contribution in [2.24, 2.45) is 0 Å². The highest BCUT2D eigenvalue weighted by atomic mass is 35.7. The van der Waals surface area contributed by atoms with Crippen molar-refractivity contribution in [3.63, 3.8) is 0 Å². The van der Waals surface area contributed by atoms with Crippen molar-refractivity contribution in [1.29, 1.82) is 0 Å². The minimum Gasteiger partial charge on any atom is -0.222 e. The molecule has 5 rings (SSSR count). The van der Waals surface area contributed by atoms with Crippen LogP contribution in [-0.4, -0.2) is 5.71 Å². The molecular weight excluding hydrogens is 502 g/mol. The quantitative estimate of drug-likeness (QED) is 0.388. The highest BCUT2D eigenvalue weighted by Crippen LogP contribution is 2.50. The van der Waals surface area contributed by atoms with E-state index in [1.807, 2.05) is 21.6 Å². The molecule has 3 aromatic carbocycles. The molecule has 0 saturated heterocycles. The Hall–Kier alpha value is -2.88. The van der Waals surface area contributed by atoms with E-state index in [0.717, 1.165) is 17.1 Å². The molecule has 0 saturated carbocycles. The summed E-state index contributed by atoms with van der Waals surface area (Å²) in [4.78, 5) is 2.62. The summed E-state index contributed by atoms with van der Waals surface area (Å²) in [5.41, 5.74) is 5.99. The van der Waals surface area contributed by atoms with Crippen molar-refractivity contribution in [3.8, 4) is 0 Å². The fourth-order valence-corrected chi connectivity index (χ4v) is 5.95. The Bertz CT molecular complexity index is 1250. The third-order valence-electron chi connectivity index (χ3n) is 4.98. The smallest absolute Gasteiger partial charge is 0.211 e. The highest BCUT2D eigenvalue weighted by Gasteiger charge is 2.20. The number of benzene rings is 3. The molecule has 0 N–H and O–H groups in total. The van der Waals surface area contributed by atoms with E-state index >= 15 is 0 Å². The van der Waals surface area contributed by atoms with Gasteiger partial charge in [-0.05, 0) is 29.4 Å². The second-order valence-corrected chi connectivity index (χ2v) is 10.3. The molecule has 2 aliphatic rings. The van der Waals surface area contributed by atoms with E-state index in [1.165, 1.54) is 20.9 Å². The van der Waals surface area contributed by atoms with Crippen LogP contribution in [0.25, 0.3) is 4.91 Å². The molecule has 0 unspecified atom stereocenters. The van der Waals surface area contributed by atoms with Gasteiger partial charge in [0.15, 0.2) is 0 Å². The monoisotopic (exact) mass is 521 g/mol. The summed E-state index contributed by atoms with van der Waals surface area (Å²) in [5.74, 6) is 0. The Labute approximate surface area is 213 Å². The summed E-state index contributed by atoms with van der Waals surface area (Å²) in [7, 11) is -1.28. The fourth-order valence-electron chi connectivity index (χ4n) is 3.50. The molecule has 176 valence electrons. The first-order chi connectivity index (χ1) is 16.9. The van der Waals surface area contributed by atoms with Gasteiger partial charge >= 0.3 is 0 Å². The molecular formula is C27H20ClNO4S2.